The molecule has 0 unspecified atom stereocenters. The first-order chi connectivity index (χ1) is 9.27. The topological polar surface area (TPSA) is 101 Å². The SMILES string of the molecule is CCN(CCCN(C)C)C(=O)N(CC(=O)O)CC(=O)O. The van der Waals surface area contributed by atoms with Crippen LogP contribution in [0, 0.1) is 0 Å². The quantitative estimate of drug-likeness (QED) is 0.612. The van der Waals surface area contributed by atoms with E-state index in [4.69, 9.17) is 10.2 Å². The van der Waals surface area contributed by atoms with Gasteiger partial charge < -0.3 is 24.9 Å². The summed E-state index contributed by atoms with van der Waals surface area (Å²) in [7, 11) is 3.83. The molecular weight excluding hydrogens is 266 g/mol. The Hall–Kier alpha value is -1.83. The zero-order valence-corrected chi connectivity index (χ0v) is 12.2. The Balaban J connectivity index is 4.63. The van der Waals surface area contributed by atoms with Gasteiger partial charge >= 0.3 is 18.0 Å². The minimum absolute atomic E-state index is 0.405. The van der Waals surface area contributed by atoms with Gasteiger partial charge in [-0.05, 0) is 34.0 Å². The van der Waals surface area contributed by atoms with Crippen molar-refractivity contribution in [2.24, 2.45) is 0 Å². The van der Waals surface area contributed by atoms with E-state index in [1.165, 1.54) is 4.90 Å². The highest BCUT2D eigenvalue weighted by Gasteiger charge is 2.23. The summed E-state index contributed by atoms with van der Waals surface area (Å²) in [5, 5.41) is 17.5. The van der Waals surface area contributed by atoms with Crippen molar-refractivity contribution in [1.29, 1.82) is 0 Å². The number of aliphatic carboxylic acids is 2. The lowest BCUT2D eigenvalue weighted by atomic mass is 10.3. The van der Waals surface area contributed by atoms with Gasteiger partial charge in [0.25, 0.3) is 0 Å². The number of carboxylic acids is 2. The van der Waals surface area contributed by atoms with Crippen molar-refractivity contribution in [3.05, 3.63) is 0 Å². The second-order valence-electron chi connectivity index (χ2n) is 4.66. The van der Waals surface area contributed by atoms with Crippen molar-refractivity contribution in [2.75, 3.05) is 46.8 Å². The Kier molecular flexibility index (Phi) is 8.30. The molecule has 0 aromatic carbocycles. The van der Waals surface area contributed by atoms with Gasteiger partial charge in [0.2, 0.25) is 0 Å². The van der Waals surface area contributed by atoms with Gasteiger partial charge in [-0.25, -0.2) is 4.79 Å². The largest absolute Gasteiger partial charge is 0.480 e. The van der Waals surface area contributed by atoms with Crippen LogP contribution in [0.25, 0.3) is 0 Å². The van der Waals surface area contributed by atoms with E-state index in [-0.39, 0.29) is 0 Å². The average Bonchev–Trinajstić information content (AvgIpc) is 2.31. The van der Waals surface area contributed by atoms with Crippen molar-refractivity contribution < 1.29 is 24.6 Å². The maximum atomic E-state index is 12.1. The molecule has 0 aromatic heterocycles. The van der Waals surface area contributed by atoms with E-state index in [0.29, 0.717) is 13.1 Å². The van der Waals surface area contributed by atoms with Crippen LogP contribution < -0.4 is 0 Å². The van der Waals surface area contributed by atoms with Crippen LogP contribution in [-0.2, 0) is 9.59 Å². The highest BCUT2D eigenvalue weighted by molar-refractivity contribution is 5.84. The molecule has 0 bridgehead atoms. The molecule has 0 aliphatic heterocycles. The zero-order chi connectivity index (χ0) is 15.7. The summed E-state index contributed by atoms with van der Waals surface area (Å²) in [6.07, 6.45) is 0.737. The Bertz CT molecular complexity index is 330. The van der Waals surface area contributed by atoms with Gasteiger partial charge in [-0.3, -0.25) is 9.59 Å². The van der Waals surface area contributed by atoms with Crippen LogP contribution in [-0.4, -0.2) is 89.7 Å². The normalized spacial score (nSPS) is 10.4. The van der Waals surface area contributed by atoms with Gasteiger partial charge in [0, 0.05) is 13.1 Å². The standard InChI is InChI=1S/C12H23N3O5/c1-4-14(7-5-6-13(2)3)12(20)15(8-10(16)17)9-11(18)19/h4-9H2,1-3H3,(H,16,17)(H,18,19). The van der Waals surface area contributed by atoms with Crippen molar-refractivity contribution in [1.82, 2.24) is 14.7 Å². The first-order valence-electron chi connectivity index (χ1n) is 6.40. The molecule has 0 radical (unpaired) electrons. The third-order valence-corrected chi connectivity index (χ3v) is 2.61. The van der Waals surface area contributed by atoms with E-state index in [2.05, 4.69) is 0 Å². The number of urea groups is 1. The molecule has 8 heteroatoms. The minimum Gasteiger partial charge on any atom is -0.480 e. The summed E-state index contributed by atoms with van der Waals surface area (Å²) in [6, 6.07) is -0.559. The number of carboxylic acid groups (broad SMARTS) is 2. The number of amides is 2. The zero-order valence-electron chi connectivity index (χ0n) is 12.2. The summed E-state index contributed by atoms with van der Waals surface area (Å²) < 4.78 is 0. The van der Waals surface area contributed by atoms with Crippen LogP contribution in [0.2, 0.25) is 0 Å². The van der Waals surface area contributed by atoms with Gasteiger partial charge in [0.15, 0.2) is 0 Å². The van der Waals surface area contributed by atoms with Gasteiger partial charge in [-0.1, -0.05) is 0 Å². The van der Waals surface area contributed by atoms with Gasteiger partial charge in [-0.2, -0.15) is 0 Å². The molecule has 116 valence electrons. The predicted molar refractivity (Wildman–Crippen MR) is 72.7 cm³/mol. The van der Waals surface area contributed by atoms with E-state index >= 15 is 0 Å². The first kappa shape index (κ1) is 18.2. The monoisotopic (exact) mass is 289 g/mol. The fourth-order valence-electron chi connectivity index (χ4n) is 1.68. The van der Waals surface area contributed by atoms with Crippen LogP contribution >= 0.6 is 0 Å². The molecule has 0 saturated carbocycles. The molecule has 0 aliphatic carbocycles. The third-order valence-electron chi connectivity index (χ3n) is 2.61. The minimum atomic E-state index is -1.23. The van der Waals surface area contributed by atoms with Crippen LogP contribution in [0.4, 0.5) is 4.79 Å². The number of nitrogens with zero attached hydrogens (tertiary/aromatic N) is 3. The maximum Gasteiger partial charge on any atom is 0.323 e. The summed E-state index contributed by atoms with van der Waals surface area (Å²) in [4.78, 5) is 37.8. The molecule has 0 atom stereocenters. The fraction of sp³-hybridized carbons (Fsp3) is 0.750. The molecule has 0 saturated heterocycles. The Labute approximate surface area is 118 Å². The third kappa shape index (κ3) is 7.57. The summed E-state index contributed by atoms with van der Waals surface area (Å²) in [5.74, 6) is -2.46. The number of carbonyl (C=O) groups excluding carboxylic acids is 1. The van der Waals surface area contributed by atoms with Crippen molar-refractivity contribution in [3.63, 3.8) is 0 Å². The molecule has 0 spiro atoms. The Morgan fingerprint density at radius 1 is 0.900 bits per heavy atom. The summed E-state index contributed by atoms with van der Waals surface area (Å²) >= 11 is 0. The fourth-order valence-corrected chi connectivity index (χ4v) is 1.68. The Morgan fingerprint density at radius 2 is 1.40 bits per heavy atom. The molecule has 0 heterocycles. The lowest BCUT2D eigenvalue weighted by Gasteiger charge is -2.28. The molecular formula is C12H23N3O5. The van der Waals surface area contributed by atoms with Crippen LogP contribution in [0.5, 0.6) is 0 Å². The second kappa shape index (κ2) is 9.13. The number of hydrogen-bond donors (Lipinski definition) is 2. The smallest absolute Gasteiger partial charge is 0.323 e. The first-order valence-corrected chi connectivity index (χ1v) is 6.40. The van der Waals surface area contributed by atoms with Crippen molar-refractivity contribution >= 4 is 18.0 Å². The van der Waals surface area contributed by atoms with E-state index in [9.17, 15) is 14.4 Å². The molecule has 0 rings (SSSR count). The average molecular weight is 289 g/mol. The van der Waals surface area contributed by atoms with E-state index in [0.717, 1.165) is 17.9 Å². The Morgan fingerprint density at radius 3 is 1.75 bits per heavy atom. The van der Waals surface area contributed by atoms with Crippen LogP contribution in [0.1, 0.15) is 13.3 Å². The van der Waals surface area contributed by atoms with Crippen LogP contribution in [0.3, 0.4) is 0 Å². The number of carbonyl (C=O) groups is 3. The van der Waals surface area contributed by atoms with Gasteiger partial charge in [0.05, 0.1) is 0 Å². The molecule has 2 N–H and O–H groups in total. The van der Waals surface area contributed by atoms with E-state index in [1.807, 2.05) is 19.0 Å². The lowest BCUT2D eigenvalue weighted by molar-refractivity contribution is -0.140. The lowest BCUT2D eigenvalue weighted by Crippen LogP contribution is -2.47. The maximum absolute atomic E-state index is 12.1. The van der Waals surface area contributed by atoms with Gasteiger partial charge in [-0.15, -0.1) is 0 Å². The number of hydrogen-bond acceptors (Lipinski definition) is 4. The summed E-state index contributed by atoms with van der Waals surface area (Å²) in [5.41, 5.74) is 0. The van der Waals surface area contributed by atoms with E-state index in [1.54, 1.807) is 6.92 Å². The molecule has 0 aromatic rings. The highest BCUT2D eigenvalue weighted by Crippen LogP contribution is 2.01. The molecule has 20 heavy (non-hydrogen) atoms. The summed E-state index contributed by atoms with van der Waals surface area (Å²) in [6.45, 7) is 2.20. The van der Waals surface area contributed by atoms with Crippen molar-refractivity contribution in [2.45, 2.75) is 13.3 Å². The molecule has 8 nitrogen and oxygen atoms in total. The van der Waals surface area contributed by atoms with Crippen molar-refractivity contribution in [3.8, 4) is 0 Å². The predicted octanol–water partition coefficient (Wildman–Crippen LogP) is -0.149. The second-order valence-corrected chi connectivity index (χ2v) is 4.66. The highest BCUT2D eigenvalue weighted by atomic mass is 16.4. The van der Waals surface area contributed by atoms with Gasteiger partial charge in [0.1, 0.15) is 13.1 Å². The number of rotatable bonds is 9. The molecule has 0 aliphatic rings. The van der Waals surface area contributed by atoms with E-state index < -0.39 is 31.1 Å². The molecule has 0 fully saturated rings. The van der Waals surface area contributed by atoms with Crippen LogP contribution in [0.15, 0.2) is 0 Å². The molecule has 2 amide bonds.